The summed E-state index contributed by atoms with van der Waals surface area (Å²) >= 11 is 0. The normalized spacial score (nSPS) is 11.0. The van der Waals surface area contributed by atoms with Crippen LogP contribution < -0.4 is 15.4 Å². The molecule has 37 heavy (non-hydrogen) atoms. The number of carbonyl (C=O) groups excluding carboxylic acids is 2. The van der Waals surface area contributed by atoms with Gasteiger partial charge in [-0.1, -0.05) is 80.6 Å². The van der Waals surface area contributed by atoms with E-state index in [9.17, 15) is 19.5 Å². The number of para-hydroxylation sites is 3. The minimum Gasteiger partial charge on any atom is -0.481 e. The van der Waals surface area contributed by atoms with Crippen LogP contribution in [-0.2, 0) is 9.59 Å². The lowest BCUT2D eigenvalue weighted by atomic mass is 10.0. The molecule has 1 atom stereocenters. The molecule has 4 aromatic rings. The average Bonchev–Trinajstić information content (AvgIpc) is 2.93. The molecule has 0 bridgehead atoms. The van der Waals surface area contributed by atoms with Crippen molar-refractivity contribution in [3.63, 3.8) is 0 Å². The van der Waals surface area contributed by atoms with Crippen molar-refractivity contribution in [1.82, 2.24) is 5.32 Å². The SMILES string of the molecule is CC.O=C(O)CCC(NC(=O)c1cccc2ccccc12)C(=O)Nc1ccccc1Oc1ccccc1. The first kappa shape index (κ1) is 26.9. The Bertz CT molecular complexity index is 1350. The third kappa shape index (κ3) is 7.41. The Morgan fingerprint density at radius 2 is 1.46 bits per heavy atom. The smallest absolute Gasteiger partial charge is 0.303 e. The molecule has 0 saturated carbocycles. The van der Waals surface area contributed by atoms with E-state index in [-0.39, 0.29) is 12.8 Å². The van der Waals surface area contributed by atoms with Gasteiger partial charge in [-0.2, -0.15) is 0 Å². The average molecular weight is 499 g/mol. The van der Waals surface area contributed by atoms with Crippen molar-refractivity contribution in [3.05, 3.63) is 103 Å². The number of hydrogen-bond acceptors (Lipinski definition) is 4. The van der Waals surface area contributed by atoms with Gasteiger partial charge in [0.1, 0.15) is 11.8 Å². The molecule has 4 rings (SSSR count). The Morgan fingerprint density at radius 3 is 2.22 bits per heavy atom. The molecule has 4 aromatic carbocycles. The Hall–Kier alpha value is -4.65. The summed E-state index contributed by atoms with van der Waals surface area (Å²) in [5, 5.41) is 16.3. The molecule has 0 saturated heterocycles. The van der Waals surface area contributed by atoms with Gasteiger partial charge in [0.25, 0.3) is 5.91 Å². The molecule has 7 nitrogen and oxygen atoms in total. The number of anilines is 1. The summed E-state index contributed by atoms with van der Waals surface area (Å²) in [6.07, 6.45) is -0.352. The molecule has 2 amide bonds. The molecular formula is C30H30N2O5. The van der Waals surface area contributed by atoms with Gasteiger partial charge < -0.3 is 20.5 Å². The van der Waals surface area contributed by atoms with Gasteiger partial charge in [0.05, 0.1) is 5.69 Å². The van der Waals surface area contributed by atoms with E-state index < -0.39 is 23.8 Å². The van der Waals surface area contributed by atoms with E-state index in [2.05, 4.69) is 10.6 Å². The molecule has 0 aromatic heterocycles. The molecule has 0 aliphatic heterocycles. The monoisotopic (exact) mass is 498 g/mol. The molecule has 190 valence electrons. The number of hydrogen-bond donors (Lipinski definition) is 3. The number of nitrogens with one attached hydrogen (secondary N) is 2. The maximum atomic E-state index is 13.2. The van der Waals surface area contributed by atoms with E-state index in [1.165, 1.54) is 0 Å². The number of ether oxygens (including phenoxy) is 1. The van der Waals surface area contributed by atoms with Crippen LogP contribution >= 0.6 is 0 Å². The Morgan fingerprint density at radius 1 is 0.811 bits per heavy atom. The molecule has 0 heterocycles. The van der Waals surface area contributed by atoms with Crippen LogP contribution in [0.1, 0.15) is 37.0 Å². The van der Waals surface area contributed by atoms with E-state index in [1.807, 2.05) is 62.4 Å². The van der Waals surface area contributed by atoms with Crippen LogP contribution in [0.2, 0.25) is 0 Å². The molecule has 0 fully saturated rings. The number of amides is 2. The Balaban J connectivity index is 0.00000186. The minimum atomic E-state index is -1.07. The van der Waals surface area contributed by atoms with Gasteiger partial charge in [0, 0.05) is 12.0 Å². The summed E-state index contributed by atoms with van der Waals surface area (Å²) < 4.78 is 5.89. The zero-order valence-corrected chi connectivity index (χ0v) is 20.8. The highest BCUT2D eigenvalue weighted by atomic mass is 16.5. The predicted octanol–water partition coefficient (Wildman–Crippen LogP) is 6.26. The van der Waals surface area contributed by atoms with Gasteiger partial charge in [0.15, 0.2) is 5.75 Å². The van der Waals surface area contributed by atoms with E-state index in [1.54, 1.807) is 48.5 Å². The van der Waals surface area contributed by atoms with Gasteiger partial charge in [0.2, 0.25) is 5.91 Å². The van der Waals surface area contributed by atoms with Crippen molar-refractivity contribution >= 4 is 34.2 Å². The van der Waals surface area contributed by atoms with Gasteiger partial charge in [-0.25, -0.2) is 0 Å². The summed E-state index contributed by atoms with van der Waals surface area (Å²) in [4.78, 5) is 37.5. The molecule has 1 unspecified atom stereocenters. The number of carboxylic acid groups (broad SMARTS) is 1. The third-order valence-electron chi connectivity index (χ3n) is 5.42. The summed E-state index contributed by atoms with van der Waals surface area (Å²) in [6.45, 7) is 4.00. The molecule has 0 radical (unpaired) electrons. The van der Waals surface area contributed by atoms with E-state index >= 15 is 0 Å². The maximum Gasteiger partial charge on any atom is 0.303 e. The highest BCUT2D eigenvalue weighted by molar-refractivity contribution is 6.09. The van der Waals surface area contributed by atoms with Crippen molar-refractivity contribution < 1.29 is 24.2 Å². The van der Waals surface area contributed by atoms with E-state index in [0.29, 0.717) is 22.7 Å². The molecule has 7 heteroatoms. The zero-order chi connectivity index (χ0) is 26.6. The van der Waals surface area contributed by atoms with Crippen LogP contribution in [0.5, 0.6) is 11.5 Å². The second-order valence-electron chi connectivity index (χ2n) is 7.89. The van der Waals surface area contributed by atoms with Crippen LogP contribution in [0.3, 0.4) is 0 Å². The van der Waals surface area contributed by atoms with Crippen molar-refractivity contribution in [2.45, 2.75) is 32.7 Å². The lowest BCUT2D eigenvalue weighted by Crippen LogP contribution is -2.44. The zero-order valence-electron chi connectivity index (χ0n) is 20.8. The van der Waals surface area contributed by atoms with E-state index in [4.69, 9.17) is 4.74 Å². The van der Waals surface area contributed by atoms with Gasteiger partial charge in [-0.3, -0.25) is 14.4 Å². The van der Waals surface area contributed by atoms with Crippen molar-refractivity contribution in [2.75, 3.05) is 5.32 Å². The van der Waals surface area contributed by atoms with Crippen molar-refractivity contribution in [1.29, 1.82) is 0 Å². The van der Waals surface area contributed by atoms with Crippen molar-refractivity contribution in [2.24, 2.45) is 0 Å². The predicted molar refractivity (Wildman–Crippen MR) is 145 cm³/mol. The first-order chi connectivity index (χ1) is 18.0. The fraction of sp³-hybridized carbons (Fsp3) is 0.167. The van der Waals surface area contributed by atoms with Crippen LogP contribution in [0, 0.1) is 0 Å². The Labute approximate surface area is 216 Å². The highest BCUT2D eigenvalue weighted by Gasteiger charge is 2.24. The van der Waals surface area contributed by atoms with Crippen LogP contribution in [-0.4, -0.2) is 28.9 Å². The lowest BCUT2D eigenvalue weighted by Gasteiger charge is -2.19. The standard InChI is InChI=1S/C28H24N2O5.C2H6/c31-26(32)18-17-24(30-27(33)22-14-8-10-19-9-4-5-13-21(19)22)28(34)29-23-15-6-7-16-25(23)35-20-11-2-1-3-12-20;1-2/h1-16,24H,17-18H2,(H,29,34)(H,30,33)(H,31,32);1-2H3. The Kier molecular flexibility index (Phi) is 9.79. The maximum absolute atomic E-state index is 13.2. The molecule has 0 aliphatic carbocycles. The number of fused-ring (bicyclic) bond motifs is 1. The van der Waals surface area contributed by atoms with Crippen LogP contribution in [0.4, 0.5) is 5.69 Å². The number of carbonyl (C=O) groups is 3. The number of rotatable bonds is 9. The van der Waals surface area contributed by atoms with Crippen LogP contribution in [0.15, 0.2) is 97.1 Å². The first-order valence-electron chi connectivity index (χ1n) is 12.1. The fourth-order valence-electron chi connectivity index (χ4n) is 3.69. The number of aliphatic carboxylic acids is 1. The largest absolute Gasteiger partial charge is 0.481 e. The summed E-state index contributed by atoms with van der Waals surface area (Å²) in [5.41, 5.74) is 0.810. The van der Waals surface area contributed by atoms with Gasteiger partial charge in [-0.05, 0) is 47.5 Å². The first-order valence-corrected chi connectivity index (χ1v) is 12.1. The molecular weight excluding hydrogens is 468 g/mol. The van der Waals surface area contributed by atoms with Gasteiger partial charge in [-0.15, -0.1) is 0 Å². The fourth-order valence-corrected chi connectivity index (χ4v) is 3.69. The summed E-state index contributed by atoms with van der Waals surface area (Å²) in [7, 11) is 0. The third-order valence-corrected chi connectivity index (χ3v) is 5.42. The lowest BCUT2D eigenvalue weighted by molar-refractivity contribution is -0.137. The molecule has 0 spiro atoms. The second kappa shape index (κ2) is 13.4. The minimum absolute atomic E-state index is 0.0701. The van der Waals surface area contributed by atoms with Crippen LogP contribution in [0.25, 0.3) is 10.8 Å². The molecule has 3 N–H and O–H groups in total. The van der Waals surface area contributed by atoms with E-state index in [0.717, 1.165) is 10.8 Å². The number of carboxylic acids is 1. The van der Waals surface area contributed by atoms with Crippen molar-refractivity contribution in [3.8, 4) is 11.5 Å². The number of benzene rings is 4. The second-order valence-corrected chi connectivity index (χ2v) is 7.89. The quantitative estimate of drug-likeness (QED) is 0.253. The summed E-state index contributed by atoms with van der Waals surface area (Å²) in [5.74, 6) is -1.04. The molecule has 0 aliphatic rings. The highest BCUT2D eigenvalue weighted by Crippen LogP contribution is 2.29. The topological polar surface area (TPSA) is 105 Å². The summed E-state index contributed by atoms with van der Waals surface area (Å²) in [6, 6.07) is 27.7. The van der Waals surface area contributed by atoms with Gasteiger partial charge >= 0.3 is 5.97 Å².